The zero-order valence-corrected chi connectivity index (χ0v) is 9.00. The Bertz CT molecular complexity index is 157. The highest BCUT2D eigenvalue weighted by molar-refractivity contribution is 5.78. The SMILES string of the molecule is CCC(C)C(=O)NC(C)CC(C)O. The summed E-state index contributed by atoms with van der Waals surface area (Å²) in [6.07, 6.45) is 1.11. The largest absolute Gasteiger partial charge is 0.393 e. The first-order valence-corrected chi connectivity index (χ1v) is 4.95. The number of rotatable bonds is 5. The van der Waals surface area contributed by atoms with Gasteiger partial charge in [-0.15, -0.1) is 0 Å². The number of aliphatic hydroxyl groups is 1. The molecule has 0 saturated heterocycles. The number of hydrogen-bond acceptors (Lipinski definition) is 2. The summed E-state index contributed by atoms with van der Waals surface area (Å²) >= 11 is 0. The first-order chi connectivity index (χ1) is 5.97. The molecule has 3 heteroatoms. The molecule has 3 atom stereocenters. The van der Waals surface area contributed by atoms with E-state index in [-0.39, 0.29) is 24.0 Å². The van der Waals surface area contributed by atoms with Gasteiger partial charge in [0.25, 0.3) is 0 Å². The van der Waals surface area contributed by atoms with Crippen LogP contribution in [0.4, 0.5) is 0 Å². The lowest BCUT2D eigenvalue weighted by molar-refractivity contribution is -0.125. The molecule has 0 bridgehead atoms. The summed E-state index contributed by atoms with van der Waals surface area (Å²) in [6, 6.07) is 0.0569. The molecule has 0 spiro atoms. The highest BCUT2D eigenvalue weighted by Gasteiger charge is 2.13. The molecule has 1 amide bonds. The van der Waals surface area contributed by atoms with Crippen LogP contribution >= 0.6 is 0 Å². The van der Waals surface area contributed by atoms with E-state index in [0.29, 0.717) is 6.42 Å². The van der Waals surface area contributed by atoms with E-state index in [0.717, 1.165) is 6.42 Å². The lowest BCUT2D eigenvalue weighted by atomic mass is 10.1. The fourth-order valence-corrected chi connectivity index (χ4v) is 1.14. The Labute approximate surface area is 80.5 Å². The minimum atomic E-state index is -0.354. The molecule has 0 rings (SSSR count). The van der Waals surface area contributed by atoms with E-state index >= 15 is 0 Å². The molecule has 3 unspecified atom stereocenters. The number of hydrogen-bond donors (Lipinski definition) is 2. The summed E-state index contributed by atoms with van der Waals surface area (Å²) in [5.41, 5.74) is 0. The smallest absolute Gasteiger partial charge is 0.223 e. The van der Waals surface area contributed by atoms with Gasteiger partial charge in [0, 0.05) is 12.0 Å². The zero-order chi connectivity index (χ0) is 10.4. The van der Waals surface area contributed by atoms with Gasteiger partial charge in [0.2, 0.25) is 5.91 Å². The van der Waals surface area contributed by atoms with Gasteiger partial charge in [-0.3, -0.25) is 4.79 Å². The highest BCUT2D eigenvalue weighted by Crippen LogP contribution is 2.03. The molecule has 0 fully saturated rings. The average Bonchev–Trinajstić information content (AvgIpc) is 2.01. The zero-order valence-electron chi connectivity index (χ0n) is 9.00. The molecule has 13 heavy (non-hydrogen) atoms. The second-order valence-corrected chi connectivity index (χ2v) is 3.80. The molecule has 0 aromatic rings. The Morgan fingerprint density at radius 2 is 1.92 bits per heavy atom. The van der Waals surface area contributed by atoms with E-state index in [1.807, 2.05) is 20.8 Å². The van der Waals surface area contributed by atoms with Crippen LogP contribution in [0.2, 0.25) is 0 Å². The first kappa shape index (κ1) is 12.4. The van der Waals surface area contributed by atoms with E-state index in [9.17, 15) is 4.79 Å². The molecule has 3 nitrogen and oxygen atoms in total. The van der Waals surface area contributed by atoms with Gasteiger partial charge < -0.3 is 10.4 Å². The Balaban J connectivity index is 3.77. The van der Waals surface area contributed by atoms with Crippen molar-refractivity contribution in [1.29, 1.82) is 0 Å². The Morgan fingerprint density at radius 3 is 2.31 bits per heavy atom. The minimum absolute atomic E-state index is 0.0569. The fourth-order valence-electron chi connectivity index (χ4n) is 1.14. The molecule has 2 N–H and O–H groups in total. The topological polar surface area (TPSA) is 49.3 Å². The van der Waals surface area contributed by atoms with Crippen molar-refractivity contribution in [3.05, 3.63) is 0 Å². The third-order valence-corrected chi connectivity index (χ3v) is 2.14. The van der Waals surface area contributed by atoms with Crippen LogP contribution in [-0.4, -0.2) is 23.2 Å². The standard InChI is InChI=1S/C10H21NO2/c1-5-7(2)10(13)11-8(3)6-9(4)12/h7-9,12H,5-6H2,1-4H3,(H,11,13). The van der Waals surface area contributed by atoms with Gasteiger partial charge in [-0.05, 0) is 26.7 Å². The summed E-state index contributed by atoms with van der Waals surface area (Å²) in [6.45, 7) is 7.53. The quantitative estimate of drug-likeness (QED) is 0.681. The van der Waals surface area contributed by atoms with E-state index in [1.165, 1.54) is 0 Å². The summed E-state index contributed by atoms with van der Waals surface area (Å²) in [7, 11) is 0. The summed E-state index contributed by atoms with van der Waals surface area (Å²) in [5.74, 6) is 0.145. The molecule has 0 saturated carbocycles. The van der Waals surface area contributed by atoms with Crippen LogP contribution in [0.3, 0.4) is 0 Å². The van der Waals surface area contributed by atoms with Crippen LogP contribution in [0, 0.1) is 5.92 Å². The maximum atomic E-state index is 11.4. The lowest BCUT2D eigenvalue weighted by Crippen LogP contribution is -2.37. The van der Waals surface area contributed by atoms with E-state index in [1.54, 1.807) is 6.92 Å². The normalized spacial score (nSPS) is 17.6. The minimum Gasteiger partial charge on any atom is -0.393 e. The van der Waals surface area contributed by atoms with Crippen LogP contribution in [0.1, 0.15) is 40.5 Å². The van der Waals surface area contributed by atoms with Gasteiger partial charge in [-0.1, -0.05) is 13.8 Å². The monoisotopic (exact) mass is 187 g/mol. The Kier molecular flexibility index (Phi) is 5.71. The van der Waals surface area contributed by atoms with Crippen molar-refractivity contribution >= 4 is 5.91 Å². The van der Waals surface area contributed by atoms with Crippen molar-refractivity contribution in [1.82, 2.24) is 5.32 Å². The molecule has 0 heterocycles. The second kappa shape index (κ2) is 5.97. The Hall–Kier alpha value is -0.570. The van der Waals surface area contributed by atoms with Gasteiger partial charge in [0.1, 0.15) is 0 Å². The molecular formula is C10H21NO2. The van der Waals surface area contributed by atoms with E-state index in [2.05, 4.69) is 5.32 Å². The number of carbonyl (C=O) groups is 1. The molecule has 0 aliphatic carbocycles. The van der Waals surface area contributed by atoms with Crippen molar-refractivity contribution in [2.24, 2.45) is 5.92 Å². The van der Waals surface area contributed by atoms with E-state index in [4.69, 9.17) is 5.11 Å². The van der Waals surface area contributed by atoms with E-state index < -0.39 is 0 Å². The van der Waals surface area contributed by atoms with Crippen molar-refractivity contribution < 1.29 is 9.90 Å². The van der Waals surface area contributed by atoms with Gasteiger partial charge >= 0.3 is 0 Å². The summed E-state index contributed by atoms with van der Waals surface area (Å²) in [5, 5.41) is 11.9. The number of carbonyl (C=O) groups excluding carboxylic acids is 1. The molecule has 0 aliphatic rings. The van der Waals surface area contributed by atoms with Crippen molar-refractivity contribution in [3.63, 3.8) is 0 Å². The first-order valence-electron chi connectivity index (χ1n) is 4.95. The number of aliphatic hydroxyl groups excluding tert-OH is 1. The molecule has 0 aromatic heterocycles. The molecule has 78 valence electrons. The summed E-state index contributed by atoms with van der Waals surface area (Å²) < 4.78 is 0. The third-order valence-electron chi connectivity index (χ3n) is 2.14. The van der Waals surface area contributed by atoms with Crippen molar-refractivity contribution in [3.8, 4) is 0 Å². The molecular weight excluding hydrogens is 166 g/mol. The predicted molar refractivity (Wildman–Crippen MR) is 53.4 cm³/mol. The molecule has 0 radical (unpaired) electrons. The van der Waals surface area contributed by atoms with Gasteiger partial charge in [0.15, 0.2) is 0 Å². The van der Waals surface area contributed by atoms with Gasteiger partial charge in [-0.2, -0.15) is 0 Å². The number of nitrogens with one attached hydrogen (secondary N) is 1. The van der Waals surface area contributed by atoms with Crippen molar-refractivity contribution in [2.45, 2.75) is 52.7 Å². The maximum absolute atomic E-state index is 11.4. The molecule has 0 aromatic carbocycles. The van der Waals surface area contributed by atoms with Crippen molar-refractivity contribution in [2.75, 3.05) is 0 Å². The second-order valence-electron chi connectivity index (χ2n) is 3.80. The third kappa shape index (κ3) is 5.64. The van der Waals surface area contributed by atoms with Gasteiger partial charge in [-0.25, -0.2) is 0 Å². The van der Waals surface area contributed by atoms with Gasteiger partial charge in [0.05, 0.1) is 6.10 Å². The van der Waals surface area contributed by atoms with Crippen LogP contribution in [0.5, 0.6) is 0 Å². The Morgan fingerprint density at radius 1 is 1.38 bits per heavy atom. The lowest BCUT2D eigenvalue weighted by Gasteiger charge is -2.17. The fraction of sp³-hybridized carbons (Fsp3) is 0.900. The highest BCUT2D eigenvalue weighted by atomic mass is 16.3. The van der Waals surface area contributed by atoms with Crippen LogP contribution in [-0.2, 0) is 4.79 Å². The average molecular weight is 187 g/mol. The summed E-state index contributed by atoms with van der Waals surface area (Å²) in [4.78, 5) is 11.4. The molecule has 0 aliphatic heterocycles. The number of amides is 1. The predicted octanol–water partition coefficient (Wildman–Crippen LogP) is 1.31. The van der Waals surface area contributed by atoms with Crippen LogP contribution in [0.25, 0.3) is 0 Å². The van der Waals surface area contributed by atoms with Crippen LogP contribution < -0.4 is 5.32 Å². The maximum Gasteiger partial charge on any atom is 0.223 e. The van der Waals surface area contributed by atoms with Crippen LogP contribution in [0.15, 0.2) is 0 Å².